The van der Waals surface area contributed by atoms with Crippen LogP contribution in [0.3, 0.4) is 0 Å². The molecule has 0 aliphatic rings. The molecule has 0 spiro atoms. The molecule has 0 radical (unpaired) electrons. The van der Waals surface area contributed by atoms with Gasteiger partial charge in [-0.2, -0.15) is 0 Å². The molecular formula is C14H15BrClNO. The highest BCUT2D eigenvalue weighted by Crippen LogP contribution is 2.26. The van der Waals surface area contributed by atoms with E-state index in [2.05, 4.69) is 34.2 Å². The van der Waals surface area contributed by atoms with E-state index in [1.54, 1.807) is 6.26 Å². The SMILES string of the molecule is CCNC(Cc1ccco1)c1cc(Cl)cc(Br)c1. The van der Waals surface area contributed by atoms with Gasteiger partial charge in [0, 0.05) is 22.0 Å². The van der Waals surface area contributed by atoms with Gasteiger partial charge in [0.15, 0.2) is 0 Å². The molecule has 0 aliphatic carbocycles. The third-order valence-electron chi connectivity index (χ3n) is 2.72. The molecule has 4 heteroatoms. The maximum atomic E-state index is 6.10. The van der Waals surface area contributed by atoms with Crippen LogP contribution in [0.2, 0.25) is 5.02 Å². The Labute approximate surface area is 120 Å². The van der Waals surface area contributed by atoms with E-state index in [0.717, 1.165) is 33.8 Å². The summed E-state index contributed by atoms with van der Waals surface area (Å²) in [4.78, 5) is 0. The van der Waals surface area contributed by atoms with E-state index in [4.69, 9.17) is 16.0 Å². The van der Waals surface area contributed by atoms with Crippen LogP contribution < -0.4 is 5.32 Å². The van der Waals surface area contributed by atoms with Gasteiger partial charge in [-0.1, -0.05) is 34.5 Å². The van der Waals surface area contributed by atoms with Crippen molar-refractivity contribution in [1.82, 2.24) is 5.32 Å². The van der Waals surface area contributed by atoms with Crippen molar-refractivity contribution in [2.24, 2.45) is 0 Å². The molecule has 2 nitrogen and oxygen atoms in total. The second kappa shape index (κ2) is 6.41. The lowest BCUT2D eigenvalue weighted by molar-refractivity contribution is 0.455. The minimum atomic E-state index is 0.205. The molecule has 1 atom stereocenters. The van der Waals surface area contributed by atoms with E-state index in [1.165, 1.54) is 0 Å². The number of hydrogen-bond acceptors (Lipinski definition) is 2. The molecule has 2 aromatic rings. The minimum Gasteiger partial charge on any atom is -0.469 e. The average Bonchev–Trinajstić information content (AvgIpc) is 2.80. The fourth-order valence-electron chi connectivity index (χ4n) is 1.96. The van der Waals surface area contributed by atoms with Gasteiger partial charge in [-0.3, -0.25) is 0 Å². The summed E-state index contributed by atoms with van der Waals surface area (Å²) in [5, 5.41) is 4.19. The molecule has 1 N–H and O–H groups in total. The van der Waals surface area contributed by atoms with Gasteiger partial charge in [0.2, 0.25) is 0 Å². The fourth-order valence-corrected chi connectivity index (χ4v) is 2.85. The first-order valence-electron chi connectivity index (χ1n) is 5.90. The van der Waals surface area contributed by atoms with Gasteiger partial charge in [0.05, 0.1) is 6.26 Å². The van der Waals surface area contributed by atoms with Crippen LogP contribution in [0.25, 0.3) is 0 Å². The van der Waals surface area contributed by atoms with Crippen molar-refractivity contribution in [3.8, 4) is 0 Å². The maximum absolute atomic E-state index is 6.10. The van der Waals surface area contributed by atoms with Gasteiger partial charge in [0.1, 0.15) is 5.76 Å². The zero-order chi connectivity index (χ0) is 13.0. The first-order chi connectivity index (χ1) is 8.69. The van der Waals surface area contributed by atoms with Crippen LogP contribution in [0.1, 0.15) is 24.3 Å². The first kappa shape index (κ1) is 13.7. The van der Waals surface area contributed by atoms with Gasteiger partial charge in [-0.05, 0) is 42.4 Å². The Morgan fingerprint density at radius 2 is 2.22 bits per heavy atom. The third kappa shape index (κ3) is 3.61. The fraction of sp³-hybridized carbons (Fsp3) is 0.286. The Kier molecular flexibility index (Phi) is 4.87. The number of rotatable bonds is 5. The molecule has 0 fully saturated rings. The smallest absolute Gasteiger partial charge is 0.105 e. The molecule has 0 saturated carbocycles. The number of likely N-dealkylation sites (N-methyl/N-ethyl adjacent to an activating group) is 1. The lowest BCUT2D eigenvalue weighted by Gasteiger charge is -2.18. The van der Waals surface area contributed by atoms with E-state index < -0.39 is 0 Å². The quantitative estimate of drug-likeness (QED) is 0.868. The lowest BCUT2D eigenvalue weighted by Crippen LogP contribution is -2.22. The predicted molar refractivity (Wildman–Crippen MR) is 78.0 cm³/mol. The van der Waals surface area contributed by atoms with Crippen LogP contribution in [0.15, 0.2) is 45.5 Å². The maximum Gasteiger partial charge on any atom is 0.105 e. The predicted octanol–water partition coefficient (Wildman–Crippen LogP) is 4.59. The highest BCUT2D eigenvalue weighted by molar-refractivity contribution is 9.10. The van der Waals surface area contributed by atoms with Crippen LogP contribution in [0, 0.1) is 0 Å². The molecular weight excluding hydrogens is 314 g/mol. The van der Waals surface area contributed by atoms with Crippen LogP contribution in [0.5, 0.6) is 0 Å². The second-order valence-corrected chi connectivity index (χ2v) is 5.45. The Balaban J connectivity index is 2.23. The van der Waals surface area contributed by atoms with Gasteiger partial charge >= 0.3 is 0 Å². The molecule has 0 saturated heterocycles. The number of halogens is 2. The van der Waals surface area contributed by atoms with E-state index in [-0.39, 0.29) is 6.04 Å². The molecule has 1 heterocycles. The zero-order valence-electron chi connectivity index (χ0n) is 10.1. The summed E-state index contributed by atoms with van der Waals surface area (Å²) in [7, 11) is 0. The summed E-state index contributed by atoms with van der Waals surface area (Å²) in [5.41, 5.74) is 1.16. The van der Waals surface area contributed by atoms with E-state index in [9.17, 15) is 0 Å². The normalized spacial score (nSPS) is 12.6. The Morgan fingerprint density at radius 1 is 1.39 bits per heavy atom. The number of furan rings is 1. The van der Waals surface area contributed by atoms with Crippen molar-refractivity contribution in [1.29, 1.82) is 0 Å². The van der Waals surface area contributed by atoms with E-state index in [0.29, 0.717) is 0 Å². The molecule has 0 bridgehead atoms. The van der Waals surface area contributed by atoms with Crippen LogP contribution in [0.4, 0.5) is 0 Å². The van der Waals surface area contributed by atoms with Crippen molar-refractivity contribution in [3.63, 3.8) is 0 Å². The zero-order valence-corrected chi connectivity index (χ0v) is 12.5. The molecule has 2 rings (SSSR count). The molecule has 18 heavy (non-hydrogen) atoms. The van der Waals surface area contributed by atoms with Gasteiger partial charge in [0.25, 0.3) is 0 Å². The van der Waals surface area contributed by atoms with Gasteiger partial charge in [-0.25, -0.2) is 0 Å². The Bertz CT molecular complexity index is 478. The molecule has 1 unspecified atom stereocenters. The van der Waals surface area contributed by atoms with Crippen LogP contribution >= 0.6 is 27.5 Å². The van der Waals surface area contributed by atoms with Crippen molar-refractivity contribution in [3.05, 3.63) is 57.4 Å². The number of nitrogens with one attached hydrogen (secondary N) is 1. The molecule has 1 aromatic heterocycles. The van der Waals surface area contributed by atoms with Gasteiger partial charge < -0.3 is 9.73 Å². The molecule has 0 aliphatic heterocycles. The Morgan fingerprint density at radius 3 is 2.83 bits per heavy atom. The minimum absolute atomic E-state index is 0.205. The van der Waals surface area contributed by atoms with E-state index >= 15 is 0 Å². The first-order valence-corrected chi connectivity index (χ1v) is 7.08. The summed E-state index contributed by atoms with van der Waals surface area (Å²) < 4.78 is 6.40. The highest BCUT2D eigenvalue weighted by atomic mass is 79.9. The summed E-state index contributed by atoms with van der Waals surface area (Å²) >= 11 is 9.57. The van der Waals surface area contributed by atoms with Crippen molar-refractivity contribution in [2.45, 2.75) is 19.4 Å². The van der Waals surface area contributed by atoms with Crippen molar-refractivity contribution in [2.75, 3.05) is 6.54 Å². The van der Waals surface area contributed by atoms with Crippen molar-refractivity contribution >= 4 is 27.5 Å². The molecule has 96 valence electrons. The summed E-state index contributed by atoms with van der Waals surface area (Å²) in [5.74, 6) is 0.969. The van der Waals surface area contributed by atoms with E-state index in [1.807, 2.05) is 24.3 Å². The third-order valence-corrected chi connectivity index (χ3v) is 3.40. The largest absolute Gasteiger partial charge is 0.469 e. The highest BCUT2D eigenvalue weighted by Gasteiger charge is 2.13. The van der Waals surface area contributed by atoms with Crippen LogP contribution in [-0.4, -0.2) is 6.54 Å². The number of benzene rings is 1. The second-order valence-electron chi connectivity index (χ2n) is 4.10. The summed E-state index contributed by atoms with van der Waals surface area (Å²) in [6.45, 7) is 2.99. The van der Waals surface area contributed by atoms with Crippen LogP contribution in [-0.2, 0) is 6.42 Å². The summed E-state index contributed by atoms with van der Waals surface area (Å²) in [6.07, 6.45) is 2.51. The topological polar surface area (TPSA) is 25.2 Å². The van der Waals surface area contributed by atoms with Crippen molar-refractivity contribution < 1.29 is 4.42 Å². The number of hydrogen-bond donors (Lipinski definition) is 1. The lowest BCUT2D eigenvalue weighted by atomic mass is 10.0. The molecule has 1 aromatic carbocycles. The summed E-state index contributed by atoms with van der Waals surface area (Å²) in [6, 6.07) is 10.1. The standard InChI is InChI=1S/C14H15BrClNO/c1-2-17-14(9-13-4-3-5-18-13)10-6-11(15)8-12(16)7-10/h3-8,14,17H,2,9H2,1H3. The van der Waals surface area contributed by atoms with Gasteiger partial charge in [-0.15, -0.1) is 0 Å². The average molecular weight is 329 g/mol. The Hall–Kier alpha value is -0.770. The molecule has 0 amide bonds. The monoisotopic (exact) mass is 327 g/mol.